The summed E-state index contributed by atoms with van der Waals surface area (Å²) in [6, 6.07) is 6.79. The van der Waals surface area contributed by atoms with Crippen LogP contribution in [0.2, 0.25) is 0 Å². The van der Waals surface area contributed by atoms with E-state index in [0.29, 0.717) is 25.4 Å². The van der Waals surface area contributed by atoms with Crippen LogP contribution in [-0.2, 0) is 21.1 Å². The summed E-state index contributed by atoms with van der Waals surface area (Å²) in [5.41, 5.74) is 1.36. The van der Waals surface area contributed by atoms with Crippen LogP contribution in [-0.4, -0.2) is 85.8 Å². The fourth-order valence-corrected chi connectivity index (χ4v) is 8.53. The van der Waals surface area contributed by atoms with Crippen LogP contribution >= 0.6 is 22.7 Å². The molecule has 6 nitrogen and oxygen atoms in total. The molecule has 162 valence electrons. The van der Waals surface area contributed by atoms with Crippen molar-refractivity contribution in [2.45, 2.75) is 24.9 Å². The summed E-state index contributed by atoms with van der Waals surface area (Å²) in [6.45, 7) is 4.27. The summed E-state index contributed by atoms with van der Waals surface area (Å²) < 4.78 is 23.6. The molecule has 30 heavy (non-hydrogen) atoms. The van der Waals surface area contributed by atoms with Gasteiger partial charge in [-0.25, -0.2) is 8.42 Å². The maximum Gasteiger partial charge on any atom is 0.236 e. The van der Waals surface area contributed by atoms with Crippen molar-refractivity contribution in [3.8, 4) is 0 Å². The zero-order valence-corrected chi connectivity index (χ0v) is 19.4. The zero-order chi connectivity index (χ0) is 20.7. The predicted octanol–water partition coefficient (Wildman–Crippen LogP) is 2.09. The molecule has 0 aliphatic carbocycles. The minimum Gasteiger partial charge on any atom is -0.339 e. The summed E-state index contributed by atoms with van der Waals surface area (Å²) >= 11 is 3.58. The third kappa shape index (κ3) is 4.10. The monoisotopic (exact) mass is 465 g/mol. The Labute approximate surface area is 186 Å². The second-order valence-corrected chi connectivity index (χ2v) is 12.6. The van der Waals surface area contributed by atoms with Crippen molar-refractivity contribution >= 4 is 38.4 Å². The van der Waals surface area contributed by atoms with Crippen LogP contribution in [0.4, 0.5) is 0 Å². The molecule has 3 aliphatic heterocycles. The Morgan fingerprint density at radius 1 is 1.07 bits per heavy atom. The van der Waals surface area contributed by atoms with E-state index in [1.54, 1.807) is 11.3 Å². The highest BCUT2D eigenvalue weighted by atomic mass is 32.2. The van der Waals surface area contributed by atoms with E-state index in [2.05, 4.69) is 38.8 Å². The molecule has 0 N–H and O–H groups in total. The lowest BCUT2D eigenvalue weighted by molar-refractivity contribution is -0.135. The smallest absolute Gasteiger partial charge is 0.236 e. The molecule has 2 saturated heterocycles. The molecule has 2 aromatic rings. The minimum atomic E-state index is -2.87. The largest absolute Gasteiger partial charge is 0.339 e. The van der Waals surface area contributed by atoms with Gasteiger partial charge in [0, 0.05) is 48.5 Å². The van der Waals surface area contributed by atoms with Crippen molar-refractivity contribution in [1.29, 1.82) is 0 Å². The van der Waals surface area contributed by atoms with Crippen molar-refractivity contribution in [1.82, 2.24) is 14.7 Å². The quantitative estimate of drug-likeness (QED) is 0.692. The van der Waals surface area contributed by atoms with Crippen LogP contribution in [0.15, 0.2) is 29.0 Å². The lowest BCUT2D eigenvalue weighted by Gasteiger charge is -2.40. The number of amides is 1. The van der Waals surface area contributed by atoms with Gasteiger partial charge in [0.1, 0.15) is 0 Å². The summed E-state index contributed by atoms with van der Waals surface area (Å²) in [4.78, 5) is 22.4. The third-order valence-corrected chi connectivity index (χ3v) is 10.3. The Balaban J connectivity index is 1.22. The second-order valence-electron chi connectivity index (χ2n) is 8.41. The van der Waals surface area contributed by atoms with E-state index in [1.807, 2.05) is 16.2 Å². The van der Waals surface area contributed by atoms with Gasteiger partial charge in [-0.2, -0.15) is 0 Å². The topological polar surface area (TPSA) is 60.9 Å². The number of rotatable bonds is 4. The van der Waals surface area contributed by atoms with Crippen molar-refractivity contribution in [3.05, 3.63) is 44.3 Å². The molecule has 2 unspecified atom stereocenters. The van der Waals surface area contributed by atoms with Crippen molar-refractivity contribution < 1.29 is 13.2 Å². The molecule has 0 aromatic carbocycles. The van der Waals surface area contributed by atoms with Crippen LogP contribution in [0.25, 0.3) is 0 Å². The fourth-order valence-electron chi connectivity index (χ4n) is 4.99. The summed E-state index contributed by atoms with van der Waals surface area (Å²) in [5, 5.41) is 4.28. The average molecular weight is 466 g/mol. The Morgan fingerprint density at radius 3 is 2.60 bits per heavy atom. The minimum absolute atomic E-state index is 0.134. The van der Waals surface area contributed by atoms with Gasteiger partial charge in [-0.05, 0) is 41.3 Å². The van der Waals surface area contributed by atoms with Gasteiger partial charge in [-0.15, -0.1) is 22.7 Å². The summed E-state index contributed by atoms with van der Waals surface area (Å²) in [5.74, 6) is 0.773. The van der Waals surface area contributed by atoms with E-state index in [4.69, 9.17) is 0 Å². The number of carbonyl (C=O) groups excluding carboxylic acids is 1. The number of nitrogens with zero attached hydrogens (tertiary/aromatic N) is 3. The highest BCUT2D eigenvalue weighted by Gasteiger charge is 2.36. The summed E-state index contributed by atoms with van der Waals surface area (Å²) in [6.07, 6.45) is 1.74. The molecular weight excluding hydrogens is 438 g/mol. The van der Waals surface area contributed by atoms with Gasteiger partial charge >= 0.3 is 0 Å². The lowest BCUT2D eigenvalue weighted by atomic mass is 9.98. The first-order chi connectivity index (χ1) is 14.5. The molecule has 3 aliphatic rings. The second kappa shape index (κ2) is 8.35. The molecule has 0 spiro atoms. The van der Waals surface area contributed by atoms with Crippen molar-refractivity contribution in [2.24, 2.45) is 0 Å². The van der Waals surface area contributed by atoms with Gasteiger partial charge in [-0.3, -0.25) is 14.6 Å². The number of hydrogen-bond donors (Lipinski definition) is 0. The first-order valence-electron chi connectivity index (χ1n) is 10.6. The number of thiophene rings is 2. The zero-order valence-electron chi connectivity index (χ0n) is 16.9. The van der Waals surface area contributed by atoms with Crippen LogP contribution < -0.4 is 0 Å². The number of sulfone groups is 1. The molecule has 0 bridgehead atoms. The number of piperazine rings is 1. The van der Waals surface area contributed by atoms with Gasteiger partial charge in [0.2, 0.25) is 5.91 Å². The number of fused-ring (bicyclic) bond motifs is 1. The van der Waals surface area contributed by atoms with Gasteiger partial charge in [0.25, 0.3) is 0 Å². The van der Waals surface area contributed by atoms with Gasteiger partial charge in [0.15, 0.2) is 9.84 Å². The Morgan fingerprint density at radius 2 is 1.90 bits per heavy atom. The Bertz CT molecular complexity index is 994. The van der Waals surface area contributed by atoms with Crippen molar-refractivity contribution in [2.75, 3.05) is 50.8 Å². The highest BCUT2D eigenvalue weighted by Crippen LogP contribution is 2.39. The van der Waals surface area contributed by atoms with Crippen LogP contribution in [0.5, 0.6) is 0 Å². The van der Waals surface area contributed by atoms with Gasteiger partial charge < -0.3 is 4.90 Å². The van der Waals surface area contributed by atoms with E-state index in [0.717, 1.165) is 32.5 Å². The molecule has 9 heteroatoms. The molecule has 0 radical (unpaired) electrons. The van der Waals surface area contributed by atoms with Gasteiger partial charge in [-0.1, -0.05) is 6.07 Å². The molecule has 5 heterocycles. The normalized spacial score (nSPS) is 27.3. The number of carbonyl (C=O) groups is 1. The van der Waals surface area contributed by atoms with Crippen LogP contribution in [0.1, 0.15) is 27.8 Å². The maximum absolute atomic E-state index is 13.1. The molecule has 2 aromatic heterocycles. The SMILES string of the molecule is O=C(CN1CCc2sccc2C1c1cccs1)N1CCN(C2CCS(=O)(=O)C2)CC1. The number of hydrogen-bond acceptors (Lipinski definition) is 7. The fraction of sp³-hybridized carbons (Fsp3) is 0.571. The van der Waals surface area contributed by atoms with Crippen LogP contribution in [0.3, 0.4) is 0 Å². The molecular formula is C21H27N3O3S3. The Hall–Kier alpha value is -1.26. The van der Waals surface area contributed by atoms with E-state index in [1.165, 1.54) is 15.3 Å². The predicted molar refractivity (Wildman–Crippen MR) is 121 cm³/mol. The van der Waals surface area contributed by atoms with E-state index in [9.17, 15) is 13.2 Å². The van der Waals surface area contributed by atoms with E-state index in [-0.39, 0.29) is 23.7 Å². The molecule has 1 amide bonds. The maximum atomic E-state index is 13.1. The Kier molecular flexibility index (Phi) is 5.74. The standard InChI is InChI=1S/C21H27N3O3S3/c25-20(23-9-7-22(8-10-23)16-5-13-30(26,27)15-16)14-24-6-3-18-17(4-12-29-18)21(24)19-2-1-11-28-19/h1-2,4,11-12,16,21H,3,5-10,13-15H2. The molecule has 2 atom stereocenters. The van der Waals surface area contributed by atoms with E-state index >= 15 is 0 Å². The average Bonchev–Trinajstić information content (AvgIpc) is 3.48. The third-order valence-electron chi connectivity index (χ3n) is 6.61. The lowest BCUT2D eigenvalue weighted by Crippen LogP contribution is -2.54. The molecule has 2 fully saturated rings. The summed E-state index contributed by atoms with van der Waals surface area (Å²) in [7, 11) is -2.87. The first kappa shape index (κ1) is 20.6. The van der Waals surface area contributed by atoms with E-state index < -0.39 is 9.84 Å². The first-order valence-corrected chi connectivity index (χ1v) is 14.1. The highest BCUT2D eigenvalue weighted by molar-refractivity contribution is 7.91. The van der Waals surface area contributed by atoms with Gasteiger partial charge in [0.05, 0.1) is 24.1 Å². The van der Waals surface area contributed by atoms with Crippen molar-refractivity contribution in [3.63, 3.8) is 0 Å². The molecule has 0 saturated carbocycles. The van der Waals surface area contributed by atoms with Crippen LogP contribution in [0, 0.1) is 0 Å². The molecule has 5 rings (SSSR count).